The highest BCUT2D eigenvalue weighted by molar-refractivity contribution is 9.10. The van der Waals surface area contributed by atoms with Gasteiger partial charge >= 0.3 is 6.01 Å². The van der Waals surface area contributed by atoms with E-state index in [4.69, 9.17) is 4.42 Å². The summed E-state index contributed by atoms with van der Waals surface area (Å²) in [6, 6.07) is 11.4. The normalized spacial score (nSPS) is 11.0. The van der Waals surface area contributed by atoms with Crippen molar-refractivity contribution >= 4 is 45.3 Å². The van der Waals surface area contributed by atoms with Gasteiger partial charge < -0.3 is 4.42 Å². The molecule has 0 radical (unpaired) electrons. The third-order valence-electron chi connectivity index (χ3n) is 2.69. The first-order valence-corrected chi connectivity index (χ1v) is 8.00. The molecule has 7 heteroatoms. The number of aromatic nitrogens is 2. The fraction of sp³-hybridized carbons (Fsp3) is 0. The zero-order chi connectivity index (χ0) is 15.4. The predicted octanol–water partition coefficient (Wildman–Crippen LogP) is 4.21. The Morgan fingerprint density at radius 3 is 2.77 bits per heavy atom. The molecule has 5 nitrogen and oxygen atoms in total. The number of rotatable bonds is 4. The molecule has 0 unspecified atom stereocenters. The molecular weight excluding hydrogens is 366 g/mol. The summed E-state index contributed by atoms with van der Waals surface area (Å²) in [5.74, 6) is 0.0319. The first-order valence-electron chi connectivity index (χ1n) is 6.33. The molecule has 1 aromatic carbocycles. The number of benzene rings is 1. The molecule has 0 aliphatic heterocycles. The summed E-state index contributed by atoms with van der Waals surface area (Å²) in [7, 11) is 0. The van der Waals surface area contributed by atoms with Crippen LogP contribution in [0.25, 0.3) is 17.5 Å². The Bertz CT molecular complexity index is 795. The minimum Gasteiger partial charge on any atom is -0.403 e. The van der Waals surface area contributed by atoms with Crippen LogP contribution >= 0.6 is 27.3 Å². The Morgan fingerprint density at radius 2 is 2.05 bits per heavy atom. The van der Waals surface area contributed by atoms with Crippen LogP contribution in [0.3, 0.4) is 0 Å². The summed E-state index contributed by atoms with van der Waals surface area (Å²) in [5.41, 5.74) is 0.783. The van der Waals surface area contributed by atoms with Gasteiger partial charge in [-0.2, -0.15) is 0 Å². The SMILES string of the molecule is O=C(C=Cc1cccs1)Nc1nnc(-c2ccc(Br)cc2)o1. The molecule has 1 amide bonds. The number of carbonyl (C=O) groups is 1. The molecule has 3 aromatic rings. The number of nitrogens with zero attached hydrogens (tertiary/aromatic N) is 2. The molecule has 2 aromatic heterocycles. The van der Waals surface area contributed by atoms with Gasteiger partial charge in [0.15, 0.2) is 0 Å². The van der Waals surface area contributed by atoms with E-state index in [2.05, 4.69) is 31.4 Å². The molecule has 22 heavy (non-hydrogen) atoms. The topological polar surface area (TPSA) is 68.0 Å². The van der Waals surface area contributed by atoms with Crippen LogP contribution in [-0.2, 0) is 4.79 Å². The minimum absolute atomic E-state index is 0.0683. The van der Waals surface area contributed by atoms with Crippen molar-refractivity contribution in [2.24, 2.45) is 0 Å². The summed E-state index contributed by atoms with van der Waals surface area (Å²) >= 11 is 4.91. The van der Waals surface area contributed by atoms with Crippen LogP contribution in [0.5, 0.6) is 0 Å². The van der Waals surface area contributed by atoms with Crippen molar-refractivity contribution < 1.29 is 9.21 Å². The predicted molar refractivity (Wildman–Crippen MR) is 89.4 cm³/mol. The van der Waals surface area contributed by atoms with Crippen LogP contribution in [-0.4, -0.2) is 16.1 Å². The maximum Gasteiger partial charge on any atom is 0.322 e. The van der Waals surface area contributed by atoms with Crippen LogP contribution in [0, 0.1) is 0 Å². The van der Waals surface area contributed by atoms with Gasteiger partial charge in [-0.05, 0) is 41.8 Å². The molecular formula is C15H10BrN3O2S. The Hall–Kier alpha value is -2.25. The van der Waals surface area contributed by atoms with Gasteiger partial charge in [0, 0.05) is 21.0 Å². The van der Waals surface area contributed by atoms with Crippen LogP contribution in [0.1, 0.15) is 4.88 Å². The fourth-order valence-electron chi connectivity index (χ4n) is 1.67. The molecule has 1 N–H and O–H groups in total. The molecule has 0 aliphatic carbocycles. The molecule has 0 saturated heterocycles. The van der Waals surface area contributed by atoms with E-state index in [-0.39, 0.29) is 11.9 Å². The second kappa shape index (κ2) is 6.67. The van der Waals surface area contributed by atoms with E-state index < -0.39 is 0 Å². The monoisotopic (exact) mass is 375 g/mol. The van der Waals surface area contributed by atoms with Gasteiger partial charge in [0.25, 0.3) is 5.91 Å². The molecule has 0 spiro atoms. The lowest BCUT2D eigenvalue weighted by Crippen LogP contribution is -2.07. The van der Waals surface area contributed by atoms with E-state index in [1.165, 1.54) is 6.08 Å². The summed E-state index contributed by atoms with van der Waals surface area (Å²) in [6.45, 7) is 0. The van der Waals surface area contributed by atoms with Crippen molar-refractivity contribution in [2.75, 3.05) is 5.32 Å². The highest BCUT2D eigenvalue weighted by atomic mass is 79.9. The lowest BCUT2D eigenvalue weighted by molar-refractivity contribution is -0.112. The van der Waals surface area contributed by atoms with E-state index in [1.807, 2.05) is 41.8 Å². The van der Waals surface area contributed by atoms with Crippen molar-refractivity contribution in [3.63, 3.8) is 0 Å². The number of hydrogen-bond acceptors (Lipinski definition) is 5. The average molecular weight is 376 g/mol. The molecule has 0 fully saturated rings. The quantitative estimate of drug-likeness (QED) is 0.693. The molecule has 0 aliphatic rings. The van der Waals surface area contributed by atoms with E-state index in [0.717, 1.165) is 14.9 Å². The Kier molecular flexibility index (Phi) is 4.45. The summed E-state index contributed by atoms with van der Waals surface area (Å²) in [6.07, 6.45) is 3.15. The van der Waals surface area contributed by atoms with Gasteiger partial charge in [-0.3, -0.25) is 10.1 Å². The summed E-state index contributed by atoms with van der Waals surface area (Å²) < 4.78 is 6.38. The Morgan fingerprint density at radius 1 is 1.23 bits per heavy atom. The van der Waals surface area contributed by atoms with Gasteiger partial charge in [0.2, 0.25) is 5.89 Å². The highest BCUT2D eigenvalue weighted by Gasteiger charge is 2.09. The van der Waals surface area contributed by atoms with Crippen molar-refractivity contribution in [3.05, 3.63) is 57.2 Å². The molecule has 110 valence electrons. The standard InChI is InChI=1S/C15H10BrN3O2S/c16-11-5-3-10(4-6-11)14-18-19-15(21-14)17-13(20)8-7-12-2-1-9-22-12/h1-9H,(H,17,19,20). The van der Waals surface area contributed by atoms with E-state index in [0.29, 0.717) is 5.89 Å². The number of thiophene rings is 1. The minimum atomic E-state index is -0.320. The van der Waals surface area contributed by atoms with Gasteiger partial charge in [0.05, 0.1) is 0 Å². The Labute approximate surface area is 138 Å². The second-order valence-corrected chi connectivity index (χ2v) is 6.15. The number of halogens is 1. The molecule has 0 bridgehead atoms. The molecule has 3 rings (SSSR count). The van der Waals surface area contributed by atoms with Gasteiger partial charge in [-0.25, -0.2) is 0 Å². The van der Waals surface area contributed by atoms with Crippen molar-refractivity contribution in [3.8, 4) is 11.5 Å². The molecule has 0 atom stereocenters. The smallest absolute Gasteiger partial charge is 0.322 e. The average Bonchev–Trinajstić information content (AvgIpc) is 3.17. The summed E-state index contributed by atoms with van der Waals surface area (Å²) in [4.78, 5) is 12.8. The molecule has 0 saturated carbocycles. The van der Waals surface area contributed by atoms with E-state index >= 15 is 0 Å². The third kappa shape index (κ3) is 3.69. The molecule has 2 heterocycles. The van der Waals surface area contributed by atoms with Crippen LogP contribution < -0.4 is 5.32 Å². The van der Waals surface area contributed by atoms with Crippen molar-refractivity contribution in [1.82, 2.24) is 10.2 Å². The summed E-state index contributed by atoms with van der Waals surface area (Å²) in [5, 5.41) is 12.2. The maximum absolute atomic E-state index is 11.8. The number of amides is 1. The maximum atomic E-state index is 11.8. The zero-order valence-electron chi connectivity index (χ0n) is 11.2. The zero-order valence-corrected chi connectivity index (χ0v) is 13.6. The van der Waals surface area contributed by atoms with Crippen molar-refractivity contribution in [2.45, 2.75) is 0 Å². The number of anilines is 1. The van der Waals surface area contributed by atoms with Crippen LogP contribution in [0.2, 0.25) is 0 Å². The lowest BCUT2D eigenvalue weighted by Gasteiger charge is -1.95. The van der Waals surface area contributed by atoms with Crippen LogP contribution in [0.15, 0.2) is 56.7 Å². The van der Waals surface area contributed by atoms with Gasteiger partial charge in [-0.15, -0.1) is 16.4 Å². The van der Waals surface area contributed by atoms with Crippen LogP contribution in [0.4, 0.5) is 6.01 Å². The Balaban J connectivity index is 1.66. The number of hydrogen-bond donors (Lipinski definition) is 1. The van der Waals surface area contributed by atoms with E-state index in [9.17, 15) is 4.79 Å². The largest absolute Gasteiger partial charge is 0.403 e. The van der Waals surface area contributed by atoms with Crippen molar-refractivity contribution in [1.29, 1.82) is 0 Å². The second-order valence-electron chi connectivity index (χ2n) is 4.26. The van der Waals surface area contributed by atoms with Gasteiger partial charge in [0.1, 0.15) is 0 Å². The highest BCUT2D eigenvalue weighted by Crippen LogP contribution is 2.21. The van der Waals surface area contributed by atoms with E-state index in [1.54, 1.807) is 17.4 Å². The number of carbonyl (C=O) groups excluding carboxylic acids is 1. The third-order valence-corrected chi connectivity index (χ3v) is 4.05. The van der Waals surface area contributed by atoms with Gasteiger partial charge in [-0.1, -0.05) is 27.1 Å². The lowest BCUT2D eigenvalue weighted by atomic mass is 10.2. The number of nitrogens with one attached hydrogen (secondary N) is 1. The fourth-order valence-corrected chi connectivity index (χ4v) is 2.56. The first-order chi connectivity index (χ1) is 10.7. The first kappa shape index (κ1) is 14.7.